The van der Waals surface area contributed by atoms with Crippen molar-refractivity contribution < 1.29 is 9.53 Å². The van der Waals surface area contributed by atoms with Crippen molar-refractivity contribution in [2.24, 2.45) is 0 Å². The first-order valence-electron chi connectivity index (χ1n) is 8.49. The van der Waals surface area contributed by atoms with Gasteiger partial charge >= 0.3 is 5.97 Å². The maximum Gasteiger partial charge on any atom is 0.332 e. The number of allylic oxidation sites excluding steroid dienone is 2. The second-order valence-electron chi connectivity index (χ2n) is 5.62. The van der Waals surface area contributed by atoms with E-state index in [2.05, 4.69) is 42.6 Å². The Morgan fingerprint density at radius 1 is 1.42 bits per heavy atom. The molecule has 138 valence electrons. The minimum absolute atomic E-state index is 0.335. The molecule has 2 heterocycles. The highest BCUT2D eigenvalue weighted by atomic mass is 35.5. The van der Waals surface area contributed by atoms with E-state index in [1.165, 1.54) is 20.0 Å². The summed E-state index contributed by atoms with van der Waals surface area (Å²) in [6, 6.07) is 1.23. The van der Waals surface area contributed by atoms with Gasteiger partial charge in [0.15, 0.2) is 0 Å². The predicted octanol–water partition coefficient (Wildman–Crippen LogP) is 4.51. The molecule has 0 radical (unpaired) electrons. The summed E-state index contributed by atoms with van der Waals surface area (Å²) < 4.78 is 4.70. The lowest BCUT2D eigenvalue weighted by Gasteiger charge is -2.17. The second-order valence-corrected chi connectivity index (χ2v) is 6.01. The normalized spacial score (nSPS) is 15.0. The number of esters is 1. The Bertz CT molecular complexity index is 768. The summed E-state index contributed by atoms with van der Waals surface area (Å²) >= 11 is 5.85. The lowest BCUT2D eigenvalue weighted by atomic mass is 10.0. The number of carbonyl (C=O) groups excluding carboxylic acids is 1. The molecule has 1 aromatic rings. The van der Waals surface area contributed by atoms with Crippen LogP contribution in [0.3, 0.4) is 0 Å². The number of nitrogens with one attached hydrogen (secondary N) is 1. The highest BCUT2D eigenvalue weighted by Crippen LogP contribution is 2.16. The van der Waals surface area contributed by atoms with Crippen LogP contribution in [0.2, 0.25) is 5.15 Å². The summed E-state index contributed by atoms with van der Waals surface area (Å²) in [5, 5.41) is 3.35. The third kappa shape index (κ3) is 6.42. The number of hydrogen-bond acceptors (Lipinski definition) is 4. The van der Waals surface area contributed by atoms with Gasteiger partial charge in [0.1, 0.15) is 11.2 Å². The van der Waals surface area contributed by atoms with Gasteiger partial charge in [-0.05, 0) is 30.2 Å². The Morgan fingerprint density at radius 3 is 2.65 bits per heavy atom. The van der Waals surface area contributed by atoms with E-state index in [9.17, 15) is 4.79 Å². The minimum Gasteiger partial charge on any atom is -0.467 e. The maximum atomic E-state index is 11.5. The van der Waals surface area contributed by atoms with Gasteiger partial charge in [-0.2, -0.15) is 0 Å². The molecule has 1 aliphatic rings. The van der Waals surface area contributed by atoms with Gasteiger partial charge in [0.25, 0.3) is 0 Å². The molecule has 0 spiro atoms. The lowest BCUT2D eigenvalue weighted by molar-refractivity contribution is -0.141. The summed E-state index contributed by atoms with van der Waals surface area (Å²) in [6.45, 7) is 9.99. The van der Waals surface area contributed by atoms with Crippen LogP contribution in [0.15, 0.2) is 42.3 Å². The number of aromatic nitrogens is 1. The quantitative estimate of drug-likeness (QED) is 0.481. The van der Waals surface area contributed by atoms with Gasteiger partial charge in [0.05, 0.1) is 12.7 Å². The van der Waals surface area contributed by atoms with Crippen LogP contribution in [0.1, 0.15) is 44.7 Å². The molecular formula is C21H25ClN2O2. The average Bonchev–Trinajstić information content (AvgIpc) is 2.67. The van der Waals surface area contributed by atoms with E-state index in [1.807, 2.05) is 6.92 Å². The van der Waals surface area contributed by atoms with Crippen molar-refractivity contribution in [1.82, 2.24) is 10.3 Å². The van der Waals surface area contributed by atoms with Crippen LogP contribution in [0.4, 0.5) is 0 Å². The minimum atomic E-state index is -0.475. The van der Waals surface area contributed by atoms with E-state index >= 15 is 0 Å². The predicted molar refractivity (Wildman–Crippen MR) is 108 cm³/mol. The first-order chi connectivity index (χ1) is 12.5. The highest BCUT2D eigenvalue weighted by molar-refractivity contribution is 6.29. The van der Waals surface area contributed by atoms with Gasteiger partial charge in [-0.15, -0.1) is 0 Å². The fourth-order valence-corrected chi connectivity index (χ4v) is 2.09. The van der Waals surface area contributed by atoms with Crippen LogP contribution >= 0.6 is 11.6 Å². The molecule has 1 aromatic heterocycles. The molecule has 0 aliphatic carbocycles. The number of unbranched alkanes of at least 4 members (excludes halogenated alkanes) is 1. The van der Waals surface area contributed by atoms with E-state index < -0.39 is 6.04 Å². The van der Waals surface area contributed by atoms with E-state index in [0.717, 1.165) is 22.3 Å². The molecule has 1 unspecified atom stereocenters. The highest BCUT2D eigenvalue weighted by Gasteiger charge is 2.18. The molecule has 26 heavy (non-hydrogen) atoms. The molecule has 4 nitrogen and oxygen atoms in total. The molecule has 1 atom stereocenters. The summed E-state index contributed by atoms with van der Waals surface area (Å²) in [6.07, 6.45) is 9.42. The lowest BCUT2D eigenvalue weighted by Crippen LogP contribution is -2.34. The van der Waals surface area contributed by atoms with Crippen LogP contribution in [-0.2, 0) is 9.53 Å². The van der Waals surface area contributed by atoms with Crippen molar-refractivity contribution in [2.45, 2.75) is 39.7 Å². The number of hydrogen-bond donors (Lipinski definition) is 1. The van der Waals surface area contributed by atoms with Gasteiger partial charge < -0.3 is 10.1 Å². The first-order valence-corrected chi connectivity index (χ1v) is 8.87. The fourth-order valence-electron chi connectivity index (χ4n) is 1.92. The van der Waals surface area contributed by atoms with Crippen molar-refractivity contribution in [3.8, 4) is 11.8 Å². The van der Waals surface area contributed by atoms with E-state index in [4.69, 9.17) is 16.3 Å². The molecule has 1 aliphatic heterocycles. The number of dihydropyridines is 1. The summed E-state index contributed by atoms with van der Waals surface area (Å²) in [7, 11) is 1.36. The Balaban J connectivity index is 0.000000765. The van der Waals surface area contributed by atoms with Crippen LogP contribution in [0, 0.1) is 11.8 Å². The van der Waals surface area contributed by atoms with E-state index in [-0.39, 0.29) is 5.97 Å². The number of methoxy groups -OCH3 is 1. The number of carbonyl (C=O) groups is 1. The van der Waals surface area contributed by atoms with Crippen molar-refractivity contribution in [2.75, 3.05) is 7.11 Å². The maximum absolute atomic E-state index is 11.5. The Labute approximate surface area is 161 Å². The van der Waals surface area contributed by atoms with Gasteiger partial charge in [0.2, 0.25) is 0 Å². The van der Waals surface area contributed by atoms with Crippen molar-refractivity contribution in [3.05, 3.63) is 58.5 Å². The zero-order chi connectivity index (χ0) is 19.5. The Hall–Kier alpha value is -2.51. The summed E-state index contributed by atoms with van der Waals surface area (Å²) in [5.74, 6) is 5.76. The van der Waals surface area contributed by atoms with Crippen LogP contribution in [0.5, 0.6) is 0 Å². The van der Waals surface area contributed by atoms with Crippen LogP contribution in [-0.4, -0.2) is 24.1 Å². The molecule has 0 bridgehead atoms. The molecule has 0 saturated carbocycles. The van der Waals surface area contributed by atoms with Crippen molar-refractivity contribution >= 4 is 23.6 Å². The molecule has 1 N–H and O–H groups in total. The zero-order valence-corrected chi connectivity index (χ0v) is 16.5. The molecule has 0 fully saturated rings. The average molecular weight is 373 g/mol. The third-order valence-corrected chi connectivity index (χ3v) is 3.86. The zero-order valence-electron chi connectivity index (χ0n) is 15.7. The largest absolute Gasteiger partial charge is 0.467 e. The van der Waals surface area contributed by atoms with Gasteiger partial charge in [0, 0.05) is 18.0 Å². The van der Waals surface area contributed by atoms with Crippen molar-refractivity contribution in [1.29, 1.82) is 0 Å². The topological polar surface area (TPSA) is 51.2 Å². The number of halogens is 1. The standard InChI is InChI=1S/C17H15ClN2O2.C4H10/c1-4-12-8-16(18)20-10-14(12)6-5-13-9-19-15(7-11(13)2)17(21)22-3;1-3-4-2/h4,7-10,15,19H,1H2,2-3H3;3-4H2,1-2H3. The molecule has 0 amide bonds. The van der Waals surface area contributed by atoms with Gasteiger partial charge in [-0.3, -0.25) is 0 Å². The monoisotopic (exact) mass is 372 g/mol. The van der Waals surface area contributed by atoms with E-state index in [1.54, 1.807) is 30.6 Å². The number of rotatable bonds is 3. The van der Waals surface area contributed by atoms with Crippen LogP contribution in [0.25, 0.3) is 6.08 Å². The first kappa shape index (κ1) is 21.5. The molecule has 0 saturated heterocycles. The number of ether oxygens (including phenoxy) is 1. The Morgan fingerprint density at radius 2 is 2.12 bits per heavy atom. The molecule has 5 heteroatoms. The summed E-state index contributed by atoms with van der Waals surface area (Å²) in [4.78, 5) is 15.5. The summed E-state index contributed by atoms with van der Waals surface area (Å²) in [5.41, 5.74) is 3.27. The third-order valence-electron chi connectivity index (χ3n) is 3.66. The molecule has 0 aromatic carbocycles. The van der Waals surface area contributed by atoms with Gasteiger partial charge in [-0.1, -0.05) is 62.8 Å². The smallest absolute Gasteiger partial charge is 0.332 e. The van der Waals surface area contributed by atoms with E-state index in [0.29, 0.717) is 5.15 Å². The van der Waals surface area contributed by atoms with Gasteiger partial charge in [-0.25, -0.2) is 9.78 Å². The fraction of sp³-hybridized carbons (Fsp3) is 0.333. The number of nitrogens with zero attached hydrogens (tertiary/aromatic N) is 1. The molecular weight excluding hydrogens is 348 g/mol. The molecule has 2 rings (SSSR count). The number of pyridine rings is 1. The van der Waals surface area contributed by atoms with Crippen LogP contribution < -0.4 is 5.32 Å². The van der Waals surface area contributed by atoms with Crippen molar-refractivity contribution in [3.63, 3.8) is 0 Å². The second kappa shape index (κ2) is 11.2. The Kier molecular flexibility index (Phi) is 9.25. The SMILES string of the molecule is C=Cc1cc(Cl)ncc1C#CC1=CNC(C(=O)OC)C=C1C.CCCC.